The Hall–Kier alpha value is -1.93. The molecule has 0 aromatic carbocycles. The third-order valence-electron chi connectivity index (χ3n) is 6.12. The van der Waals surface area contributed by atoms with Gasteiger partial charge in [0.1, 0.15) is 11.4 Å². The molecule has 0 bridgehead atoms. The molecule has 1 saturated heterocycles. The summed E-state index contributed by atoms with van der Waals surface area (Å²) >= 11 is 0. The maximum atomic E-state index is 12.8. The lowest BCUT2D eigenvalue weighted by Gasteiger charge is -2.33. The SMILES string of the molecule is CNc1c(C(=N)C(C)(C)C)nc(N(CCCN2CCN(C)CC2)CC2CC2)[nH]c1=O. The standard InChI is InChI=1S/C22H39N7O/c1-22(2,3)19(23)17-18(24-4)20(30)26-21(25-17)29(15-16-7-8-16)10-6-9-28-13-11-27(5)12-14-28/h16,23-24H,6-15H2,1-5H3,(H,25,26,30). The maximum Gasteiger partial charge on any atom is 0.276 e. The minimum atomic E-state index is -0.383. The first kappa shape index (κ1) is 22.7. The number of hydrogen-bond acceptors (Lipinski definition) is 7. The number of nitrogens with one attached hydrogen (secondary N) is 3. The highest BCUT2D eigenvalue weighted by molar-refractivity contribution is 6.04. The second-order valence-corrected chi connectivity index (χ2v) is 9.88. The van der Waals surface area contributed by atoms with Crippen molar-refractivity contribution in [3.63, 3.8) is 0 Å². The predicted octanol–water partition coefficient (Wildman–Crippen LogP) is 2.08. The maximum absolute atomic E-state index is 12.8. The molecular formula is C22H39N7O. The van der Waals surface area contributed by atoms with Gasteiger partial charge in [-0.05, 0) is 38.8 Å². The number of piperazine rings is 1. The molecule has 8 heteroatoms. The van der Waals surface area contributed by atoms with E-state index < -0.39 is 0 Å². The van der Waals surface area contributed by atoms with Gasteiger partial charge >= 0.3 is 0 Å². The molecule has 2 heterocycles. The fraction of sp³-hybridized carbons (Fsp3) is 0.773. The van der Waals surface area contributed by atoms with Crippen molar-refractivity contribution in [3.8, 4) is 0 Å². The quantitative estimate of drug-likeness (QED) is 0.533. The molecule has 0 spiro atoms. The van der Waals surface area contributed by atoms with E-state index >= 15 is 0 Å². The number of hydrogen-bond donors (Lipinski definition) is 3. The number of aromatic nitrogens is 2. The number of likely N-dealkylation sites (N-methyl/N-ethyl adjacent to an activating group) is 1. The highest BCUT2D eigenvalue weighted by Gasteiger charge is 2.28. The van der Waals surface area contributed by atoms with Crippen LogP contribution in [0.25, 0.3) is 0 Å². The summed E-state index contributed by atoms with van der Waals surface area (Å²) < 4.78 is 0. The number of rotatable bonds is 9. The van der Waals surface area contributed by atoms with Gasteiger partial charge < -0.3 is 25.4 Å². The van der Waals surface area contributed by atoms with Gasteiger partial charge in [0.25, 0.3) is 5.56 Å². The Morgan fingerprint density at radius 2 is 1.93 bits per heavy atom. The third kappa shape index (κ3) is 5.82. The van der Waals surface area contributed by atoms with Crippen LogP contribution in [0.5, 0.6) is 0 Å². The summed E-state index contributed by atoms with van der Waals surface area (Å²) in [7, 11) is 3.89. The summed E-state index contributed by atoms with van der Waals surface area (Å²) in [6.07, 6.45) is 3.54. The van der Waals surface area contributed by atoms with E-state index in [1.165, 1.54) is 12.8 Å². The molecular weight excluding hydrogens is 378 g/mol. The van der Waals surface area contributed by atoms with Crippen molar-refractivity contribution in [2.75, 3.05) is 70.1 Å². The van der Waals surface area contributed by atoms with Gasteiger partial charge in [-0.2, -0.15) is 0 Å². The summed E-state index contributed by atoms with van der Waals surface area (Å²) in [5.74, 6) is 1.29. The molecule has 0 amide bonds. The molecule has 8 nitrogen and oxygen atoms in total. The van der Waals surface area contributed by atoms with Crippen molar-refractivity contribution in [1.29, 1.82) is 5.41 Å². The van der Waals surface area contributed by atoms with Crippen molar-refractivity contribution >= 4 is 17.3 Å². The van der Waals surface area contributed by atoms with Crippen LogP contribution < -0.4 is 15.8 Å². The van der Waals surface area contributed by atoms with Crippen molar-refractivity contribution in [3.05, 3.63) is 16.0 Å². The fourth-order valence-corrected chi connectivity index (χ4v) is 3.83. The van der Waals surface area contributed by atoms with E-state index in [1.54, 1.807) is 7.05 Å². The lowest BCUT2D eigenvalue weighted by molar-refractivity contribution is 0.153. The Bertz CT molecular complexity index is 786. The van der Waals surface area contributed by atoms with Gasteiger partial charge in [-0.25, -0.2) is 4.98 Å². The Morgan fingerprint density at radius 1 is 1.27 bits per heavy atom. The molecule has 0 atom stereocenters. The number of nitrogens with zero attached hydrogens (tertiary/aromatic N) is 4. The summed E-state index contributed by atoms with van der Waals surface area (Å²) in [4.78, 5) is 27.7. The number of aromatic amines is 1. The van der Waals surface area contributed by atoms with Crippen LogP contribution in [0.4, 0.5) is 11.6 Å². The van der Waals surface area contributed by atoms with E-state index in [9.17, 15) is 4.79 Å². The first-order valence-electron chi connectivity index (χ1n) is 11.3. The second-order valence-electron chi connectivity index (χ2n) is 9.88. The van der Waals surface area contributed by atoms with Gasteiger partial charge in [-0.1, -0.05) is 20.8 Å². The number of H-pyrrole nitrogens is 1. The van der Waals surface area contributed by atoms with Gasteiger partial charge in [-0.3, -0.25) is 9.78 Å². The van der Waals surface area contributed by atoms with Crippen LogP contribution in [0.1, 0.15) is 45.7 Å². The molecule has 2 aliphatic rings. The molecule has 30 heavy (non-hydrogen) atoms. The molecule has 0 unspecified atom stereocenters. The topological polar surface area (TPSA) is 91.3 Å². The smallest absolute Gasteiger partial charge is 0.276 e. The van der Waals surface area contributed by atoms with Crippen LogP contribution in [0.3, 0.4) is 0 Å². The molecule has 1 aromatic rings. The van der Waals surface area contributed by atoms with Crippen molar-refractivity contribution < 1.29 is 0 Å². The Morgan fingerprint density at radius 3 is 2.50 bits per heavy atom. The minimum Gasteiger partial charge on any atom is -0.382 e. The summed E-state index contributed by atoms with van der Waals surface area (Å²) in [6, 6.07) is 0. The molecule has 1 saturated carbocycles. The third-order valence-corrected chi connectivity index (χ3v) is 6.12. The zero-order chi connectivity index (χ0) is 21.9. The zero-order valence-electron chi connectivity index (χ0n) is 19.3. The van der Waals surface area contributed by atoms with E-state index in [0.29, 0.717) is 29.0 Å². The Balaban J connectivity index is 1.76. The highest BCUT2D eigenvalue weighted by atomic mass is 16.1. The average molecular weight is 418 g/mol. The largest absolute Gasteiger partial charge is 0.382 e. The molecule has 3 N–H and O–H groups in total. The van der Waals surface area contributed by atoms with Crippen molar-refractivity contribution in [1.82, 2.24) is 19.8 Å². The second kappa shape index (κ2) is 9.47. The number of anilines is 2. The van der Waals surface area contributed by atoms with Gasteiger partial charge in [0.15, 0.2) is 0 Å². The minimum absolute atomic E-state index is 0.202. The molecule has 1 aromatic heterocycles. The van der Waals surface area contributed by atoms with Crippen LogP contribution in [-0.4, -0.2) is 85.4 Å². The molecule has 1 aliphatic heterocycles. The van der Waals surface area contributed by atoms with Crippen LogP contribution >= 0.6 is 0 Å². The first-order valence-corrected chi connectivity index (χ1v) is 11.3. The predicted molar refractivity (Wildman–Crippen MR) is 124 cm³/mol. The first-order chi connectivity index (χ1) is 14.2. The Kier molecular flexibility index (Phi) is 7.18. The lowest BCUT2D eigenvalue weighted by Crippen LogP contribution is -2.45. The molecule has 168 valence electrons. The highest BCUT2D eigenvalue weighted by Crippen LogP contribution is 2.31. The summed E-state index contributed by atoms with van der Waals surface area (Å²) in [5, 5.41) is 11.6. The summed E-state index contributed by atoms with van der Waals surface area (Å²) in [6.45, 7) is 13.3. The van der Waals surface area contributed by atoms with Gasteiger partial charge in [0.05, 0.1) is 5.71 Å². The Labute approximate surface area is 180 Å². The molecule has 2 fully saturated rings. The monoisotopic (exact) mass is 417 g/mol. The van der Waals surface area contributed by atoms with Crippen LogP contribution in [-0.2, 0) is 0 Å². The lowest BCUT2D eigenvalue weighted by atomic mass is 9.87. The van der Waals surface area contributed by atoms with Gasteiger partial charge in [0.2, 0.25) is 5.95 Å². The molecule has 0 radical (unpaired) electrons. The fourth-order valence-electron chi connectivity index (χ4n) is 3.83. The van der Waals surface area contributed by atoms with Gasteiger partial charge in [-0.15, -0.1) is 0 Å². The van der Waals surface area contributed by atoms with E-state index in [4.69, 9.17) is 10.4 Å². The molecule has 3 rings (SSSR count). The van der Waals surface area contributed by atoms with E-state index in [-0.39, 0.29) is 11.0 Å². The van der Waals surface area contributed by atoms with Crippen molar-refractivity contribution in [2.24, 2.45) is 11.3 Å². The normalized spacial score (nSPS) is 18.4. The van der Waals surface area contributed by atoms with E-state index in [2.05, 4.69) is 32.0 Å². The zero-order valence-corrected chi connectivity index (χ0v) is 19.3. The van der Waals surface area contributed by atoms with E-state index in [1.807, 2.05) is 20.8 Å². The van der Waals surface area contributed by atoms with Gasteiger partial charge in [0, 0.05) is 51.7 Å². The summed E-state index contributed by atoms with van der Waals surface area (Å²) in [5.41, 5.74) is 0.632. The van der Waals surface area contributed by atoms with Crippen LogP contribution in [0, 0.1) is 16.7 Å². The average Bonchev–Trinajstić information content (AvgIpc) is 3.51. The molecule has 1 aliphatic carbocycles. The van der Waals surface area contributed by atoms with E-state index in [0.717, 1.165) is 52.2 Å². The van der Waals surface area contributed by atoms with Crippen LogP contribution in [0.15, 0.2) is 4.79 Å². The van der Waals surface area contributed by atoms with Crippen molar-refractivity contribution in [2.45, 2.75) is 40.0 Å². The van der Waals surface area contributed by atoms with Crippen LogP contribution in [0.2, 0.25) is 0 Å².